The summed E-state index contributed by atoms with van der Waals surface area (Å²) in [5.41, 5.74) is 1.68. The summed E-state index contributed by atoms with van der Waals surface area (Å²) in [7, 11) is 1.52. The molecule has 0 spiro atoms. The van der Waals surface area contributed by atoms with Gasteiger partial charge in [-0.15, -0.1) is 0 Å². The first-order chi connectivity index (χ1) is 9.45. The van der Waals surface area contributed by atoms with Crippen LogP contribution in [0, 0.1) is 12.7 Å². The Morgan fingerprint density at radius 3 is 2.50 bits per heavy atom. The highest BCUT2D eigenvalue weighted by Crippen LogP contribution is 2.37. The Bertz CT molecular complexity index is 624. The van der Waals surface area contributed by atoms with Crippen LogP contribution < -0.4 is 4.74 Å². The first-order valence-corrected chi connectivity index (χ1v) is 7.50. The van der Waals surface area contributed by atoms with E-state index in [2.05, 4.69) is 31.9 Å². The van der Waals surface area contributed by atoms with Crippen LogP contribution in [0.15, 0.2) is 39.3 Å². The van der Waals surface area contributed by atoms with Crippen LogP contribution in [0.1, 0.15) is 22.8 Å². The highest BCUT2D eigenvalue weighted by atomic mass is 79.9. The molecule has 1 N–H and O–H groups in total. The molecule has 106 valence electrons. The van der Waals surface area contributed by atoms with Gasteiger partial charge in [0.25, 0.3) is 0 Å². The number of aryl methyl sites for hydroxylation is 1. The Hall–Kier alpha value is -0.910. The van der Waals surface area contributed by atoms with Gasteiger partial charge >= 0.3 is 0 Å². The van der Waals surface area contributed by atoms with Crippen LogP contribution in [0.3, 0.4) is 0 Å². The molecule has 2 aromatic carbocycles. The summed E-state index contributed by atoms with van der Waals surface area (Å²) in [6.07, 6.45) is -1.11. The summed E-state index contributed by atoms with van der Waals surface area (Å²) in [5.74, 6) is 0.0546. The number of hydrogen-bond acceptors (Lipinski definition) is 2. The van der Waals surface area contributed by atoms with Crippen LogP contribution in [0.25, 0.3) is 0 Å². The number of hydrogen-bond donors (Lipinski definition) is 1. The van der Waals surface area contributed by atoms with Gasteiger partial charge in [-0.25, -0.2) is 4.39 Å². The van der Waals surface area contributed by atoms with Gasteiger partial charge in [-0.05, 0) is 36.8 Å². The zero-order valence-electron chi connectivity index (χ0n) is 11.0. The van der Waals surface area contributed by atoms with E-state index in [4.69, 9.17) is 4.74 Å². The summed E-state index contributed by atoms with van der Waals surface area (Å²) in [6.45, 7) is 1.92. The molecule has 0 fully saturated rings. The number of benzene rings is 2. The van der Waals surface area contributed by atoms with E-state index in [1.54, 1.807) is 24.3 Å². The largest absolute Gasteiger partial charge is 0.496 e. The zero-order valence-corrected chi connectivity index (χ0v) is 14.1. The number of methoxy groups -OCH3 is 1. The van der Waals surface area contributed by atoms with Crippen LogP contribution in [0.4, 0.5) is 4.39 Å². The molecule has 0 saturated carbocycles. The molecule has 0 aliphatic carbocycles. The van der Waals surface area contributed by atoms with E-state index >= 15 is 0 Å². The van der Waals surface area contributed by atoms with Crippen molar-refractivity contribution in [2.75, 3.05) is 7.11 Å². The van der Waals surface area contributed by atoms with E-state index in [0.29, 0.717) is 15.8 Å². The molecule has 0 bridgehead atoms. The predicted molar refractivity (Wildman–Crippen MR) is 83.6 cm³/mol. The Balaban J connectivity index is 2.59. The van der Waals surface area contributed by atoms with Gasteiger partial charge in [-0.2, -0.15) is 0 Å². The SMILES string of the molecule is COc1cc(C)c(Br)cc1C(O)c1c(F)cccc1Br. The lowest BCUT2D eigenvalue weighted by molar-refractivity contribution is 0.208. The minimum absolute atomic E-state index is 0.196. The number of aliphatic hydroxyl groups is 1. The molecule has 0 saturated heterocycles. The molecule has 5 heteroatoms. The lowest BCUT2D eigenvalue weighted by atomic mass is 9.99. The molecule has 2 aromatic rings. The van der Waals surface area contributed by atoms with Crippen LogP contribution in [0.5, 0.6) is 5.75 Å². The summed E-state index contributed by atoms with van der Waals surface area (Å²) in [4.78, 5) is 0. The standard InChI is InChI=1S/C15H13Br2FO2/c1-8-6-13(20-2)9(7-11(8)17)15(19)14-10(16)4-3-5-12(14)18/h3-7,15,19H,1-2H3. The molecule has 20 heavy (non-hydrogen) atoms. The monoisotopic (exact) mass is 402 g/mol. The first kappa shape index (κ1) is 15.5. The van der Waals surface area contributed by atoms with E-state index < -0.39 is 11.9 Å². The fraction of sp³-hybridized carbons (Fsp3) is 0.200. The molecular formula is C15H13Br2FO2. The minimum atomic E-state index is -1.11. The average molecular weight is 404 g/mol. The Kier molecular flexibility index (Phi) is 4.83. The van der Waals surface area contributed by atoms with E-state index in [1.165, 1.54) is 13.2 Å². The highest BCUT2D eigenvalue weighted by molar-refractivity contribution is 9.10. The van der Waals surface area contributed by atoms with E-state index in [9.17, 15) is 9.50 Å². The van der Waals surface area contributed by atoms with E-state index in [1.807, 2.05) is 6.92 Å². The van der Waals surface area contributed by atoms with Crippen LogP contribution in [0.2, 0.25) is 0 Å². The van der Waals surface area contributed by atoms with Gasteiger partial charge in [0, 0.05) is 20.1 Å². The Morgan fingerprint density at radius 1 is 1.20 bits per heavy atom. The smallest absolute Gasteiger partial charge is 0.130 e. The maximum atomic E-state index is 14.0. The maximum absolute atomic E-state index is 14.0. The fourth-order valence-electron chi connectivity index (χ4n) is 1.99. The van der Waals surface area contributed by atoms with Gasteiger partial charge in [0.1, 0.15) is 17.7 Å². The number of rotatable bonds is 3. The van der Waals surface area contributed by atoms with Crippen molar-refractivity contribution in [1.29, 1.82) is 0 Å². The number of aliphatic hydroxyl groups excluding tert-OH is 1. The number of halogens is 3. The fourth-order valence-corrected chi connectivity index (χ4v) is 2.91. The van der Waals surface area contributed by atoms with Gasteiger partial charge in [0.15, 0.2) is 0 Å². The summed E-state index contributed by atoms with van der Waals surface area (Å²) >= 11 is 6.69. The summed E-state index contributed by atoms with van der Waals surface area (Å²) < 4.78 is 20.6. The van der Waals surface area contributed by atoms with Gasteiger partial charge < -0.3 is 9.84 Å². The third kappa shape index (κ3) is 2.90. The van der Waals surface area contributed by atoms with Crippen molar-refractivity contribution in [2.24, 2.45) is 0 Å². The second-order valence-corrected chi connectivity index (χ2v) is 6.09. The van der Waals surface area contributed by atoms with Gasteiger partial charge in [-0.1, -0.05) is 37.9 Å². The number of ether oxygens (including phenoxy) is 1. The van der Waals surface area contributed by atoms with E-state index in [-0.39, 0.29) is 5.56 Å². The topological polar surface area (TPSA) is 29.5 Å². The molecule has 0 heterocycles. The van der Waals surface area contributed by atoms with Crippen molar-refractivity contribution in [1.82, 2.24) is 0 Å². The third-order valence-corrected chi connectivity index (χ3v) is 4.62. The Labute approximate surface area is 133 Å². The van der Waals surface area contributed by atoms with Crippen molar-refractivity contribution in [3.05, 3.63) is 61.8 Å². The van der Waals surface area contributed by atoms with Crippen LogP contribution >= 0.6 is 31.9 Å². The zero-order chi connectivity index (χ0) is 14.9. The first-order valence-electron chi connectivity index (χ1n) is 5.91. The highest BCUT2D eigenvalue weighted by Gasteiger charge is 2.22. The van der Waals surface area contributed by atoms with E-state index in [0.717, 1.165) is 10.0 Å². The van der Waals surface area contributed by atoms with Crippen molar-refractivity contribution in [3.63, 3.8) is 0 Å². The van der Waals surface area contributed by atoms with Gasteiger partial charge in [0.05, 0.1) is 7.11 Å². The van der Waals surface area contributed by atoms with Crippen molar-refractivity contribution in [3.8, 4) is 5.75 Å². The third-order valence-electron chi connectivity index (χ3n) is 3.08. The van der Waals surface area contributed by atoms with Gasteiger partial charge in [0.2, 0.25) is 0 Å². The molecule has 0 aromatic heterocycles. The Morgan fingerprint density at radius 2 is 1.90 bits per heavy atom. The summed E-state index contributed by atoms with van der Waals surface area (Å²) in [5, 5.41) is 10.5. The summed E-state index contributed by atoms with van der Waals surface area (Å²) in [6, 6.07) is 8.14. The normalized spacial score (nSPS) is 12.3. The molecule has 0 aliphatic rings. The predicted octanol–water partition coefficient (Wildman–Crippen LogP) is 4.75. The second kappa shape index (κ2) is 6.24. The maximum Gasteiger partial charge on any atom is 0.130 e. The second-order valence-electron chi connectivity index (χ2n) is 4.38. The molecule has 2 rings (SSSR count). The van der Waals surface area contributed by atoms with Crippen LogP contribution in [-0.2, 0) is 0 Å². The molecule has 0 amide bonds. The van der Waals surface area contributed by atoms with Crippen molar-refractivity contribution >= 4 is 31.9 Å². The molecule has 1 unspecified atom stereocenters. The molecule has 0 radical (unpaired) electrons. The van der Waals surface area contributed by atoms with Gasteiger partial charge in [-0.3, -0.25) is 0 Å². The lowest BCUT2D eigenvalue weighted by Gasteiger charge is -2.18. The van der Waals surface area contributed by atoms with Crippen molar-refractivity contribution < 1.29 is 14.2 Å². The molecule has 0 aliphatic heterocycles. The van der Waals surface area contributed by atoms with Crippen molar-refractivity contribution in [2.45, 2.75) is 13.0 Å². The molecule has 1 atom stereocenters. The quantitative estimate of drug-likeness (QED) is 0.801. The minimum Gasteiger partial charge on any atom is -0.496 e. The molecular weight excluding hydrogens is 391 g/mol. The lowest BCUT2D eigenvalue weighted by Crippen LogP contribution is -2.06. The van der Waals surface area contributed by atoms with Crippen LogP contribution in [-0.4, -0.2) is 12.2 Å². The average Bonchev–Trinajstić information content (AvgIpc) is 2.41. The molecule has 2 nitrogen and oxygen atoms in total.